The average molecular weight is 515 g/mol. The zero-order valence-electron chi connectivity index (χ0n) is 20.3. The van der Waals surface area contributed by atoms with E-state index < -0.39 is 37.7 Å². The van der Waals surface area contributed by atoms with Crippen LogP contribution in [-0.2, 0) is 10.0 Å². The van der Waals surface area contributed by atoms with Crippen molar-refractivity contribution >= 4 is 21.7 Å². The van der Waals surface area contributed by atoms with Gasteiger partial charge in [-0.3, -0.25) is 9.59 Å². The molecule has 3 heterocycles. The molecule has 1 aliphatic heterocycles. The minimum atomic E-state index is -4.46. The number of methoxy groups -OCH3 is 1. The molecule has 0 unspecified atom stereocenters. The summed E-state index contributed by atoms with van der Waals surface area (Å²) in [6.07, 6.45) is 2.10. The smallest absolute Gasteiger partial charge is 0.269 e. The van der Waals surface area contributed by atoms with E-state index in [2.05, 4.69) is 16.9 Å². The summed E-state index contributed by atoms with van der Waals surface area (Å²) in [7, 11) is -3.10. The van der Waals surface area contributed by atoms with Gasteiger partial charge in [-0.25, -0.2) is 22.5 Å². The van der Waals surface area contributed by atoms with Gasteiger partial charge in [-0.2, -0.15) is 0 Å². The molecule has 190 valence electrons. The lowest BCUT2D eigenvalue weighted by molar-refractivity contribution is 0.0981. The first-order valence-corrected chi connectivity index (χ1v) is 12.8. The summed E-state index contributed by atoms with van der Waals surface area (Å²) in [5, 5.41) is 0. The van der Waals surface area contributed by atoms with Crippen LogP contribution in [0, 0.1) is 11.7 Å². The third kappa shape index (κ3) is 4.70. The Morgan fingerprint density at radius 3 is 2.61 bits per heavy atom. The van der Waals surface area contributed by atoms with Crippen LogP contribution >= 0.6 is 0 Å². The van der Waals surface area contributed by atoms with Crippen LogP contribution in [0.15, 0.2) is 58.4 Å². The standard InChI is InChI=1S/C25H27FN4O5S/c1-15-13-25(2,3)30(14-15)22-17(23(31)29-36(33,34)20-9-6-12-27-24(20)32)10-11-18(28-22)16-7-5-8-19(35-4)21(16)26/h5-12,15H,13-14H2,1-4H3,(H,27,32)(H,29,31)/t15-/m0/s1. The lowest BCUT2D eigenvalue weighted by atomic mass is 9.97. The Balaban J connectivity index is 1.82. The lowest BCUT2D eigenvalue weighted by Crippen LogP contribution is -2.41. The molecule has 0 bridgehead atoms. The van der Waals surface area contributed by atoms with Gasteiger partial charge in [0.2, 0.25) is 0 Å². The molecule has 0 radical (unpaired) electrons. The van der Waals surface area contributed by atoms with Crippen LogP contribution in [0.5, 0.6) is 5.75 Å². The molecular weight excluding hydrogens is 487 g/mol. The number of sulfonamides is 1. The highest BCUT2D eigenvalue weighted by Gasteiger charge is 2.39. The number of halogens is 1. The number of aromatic amines is 1. The van der Waals surface area contributed by atoms with Crippen molar-refractivity contribution in [2.75, 3.05) is 18.6 Å². The highest BCUT2D eigenvalue weighted by atomic mass is 32.2. The maximum atomic E-state index is 15.0. The number of carbonyl (C=O) groups is 1. The molecule has 1 aromatic carbocycles. The fraction of sp³-hybridized carbons (Fsp3) is 0.320. The van der Waals surface area contributed by atoms with Crippen molar-refractivity contribution in [3.63, 3.8) is 0 Å². The highest BCUT2D eigenvalue weighted by molar-refractivity contribution is 7.90. The molecule has 1 fully saturated rings. The first kappa shape index (κ1) is 25.4. The van der Waals surface area contributed by atoms with Gasteiger partial charge in [-0.15, -0.1) is 0 Å². The number of benzene rings is 1. The van der Waals surface area contributed by atoms with Gasteiger partial charge in [0.05, 0.1) is 18.4 Å². The third-order valence-electron chi connectivity index (χ3n) is 6.21. The maximum absolute atomic E-state index is 15.0. The van der Waals surface area contributed by atoms with E-state index in [4.69, 9.17) is 4.74 Å². The monoisotopic (exact) mass is 514 g/mol. The maximum Gasteiger partial charge on any atom is 0.269 e. The summed E-state index contributed by atoms with van der Waals surface area (Å²) < 4.78 is 47.7. The third-order valence-corrected chi connectivity index (χ3v) is 7.56. The minimum absolute atomic E-state index is 0.0137. The van der Waals surface area contributed by atoms with Gasteiger partial charge >= 0.3 is 0 Å². The number of nitrogens with one attached hydrogen (secondary N) is 2. The summed E-state index contributed by atoms with van der Waals surface area (Å²) in [5.74, 6) is -1.00. The number of carbonyl (C=O) groups excluding carboxylic acids is 1. The fourth-order valence-electron chi connectivity index (χ4n) is 4.66. The largest absolute Gasteiger partial charge is 0.494 e. The quantitative estimate of drug-likeness (QED) is 0.518. The topological polar surface area (TPSA) is 121 Å². The lowest BCUT2D eigenvalue weighted by Gasteiger charge is -2.34. The molecule has 3 aromatic rings. The number of aromatic nitrogens is 2. The van der Waals surface area contributed by atoms with Crippen molar-refractivity contribution in [3.8, 4) is 17.0 Å². The van der Waals surface area contributed by atoms with Crippen LogP contribution in [-0.4, -0.2) is 43.5 Å². The van der Waals surface area contributed by atoms with Gasteiger partial charge in [0.1, 0.15) is 5.82 Å². The summed E-state index contributed by atoms with van der Waals surface area (Å²) in [6.45, 7) is 6.63. The number of ether oxygens (including phenoxy) is 1. The number of hydrogen-bond donors (Lipinski definition) is 2. The Hall–Kier alpha value is -3.73. The van der Waals surface area contributed by atoms with Crippen LogP contribution in [0.25, 0.3) is 11.3 Å². The molecular formula is C25H27FN4O5S. The summed E-state index contributed by atoms with van der Waals surface area (Å²) in [4.78, 5) is 33.5. The average Bonchev–Trinajstić information content (AvgIpc) is 3.10. The molecule has 9 nitrogen and oxygen atoms in total. The minimum Gasteiger partial charge on any atom is -0.494 e. The van der Waals surface area contributed by atoms with Crippen molar-refractivity contribution in [1.82, 2.24) is 14.7 Å². The number of H-pyrrole nitrogens is 1. The van der Waals surface area contributed by atoms with Gasteiger partial charge in [-0.1, -0.05) is 13.0 Å². The van der Waals surface area contributed by atoms with E-state index in [1.54, 1.807) is 12.1 Å². The Bertz CT molecular complexity index is 1490. The molecule has 1 aliphatic rings. The van der Waals surface area contributed by atoms with Crippen molar-refractivity contribution < 1.29 is 22.3 Å². The molecule has 11 heteroatoms. The van der Waals surface area contributed by atoms with E-state index in [1.807, 2.05) is 23.5 Å². The normalized spacial score (nSPS) is 17.1. The van der Waals surface area contributed by atoms with Crippen molar-refractivity contribution in [1.29, 1.82) is 0 Å². The predicted molar refractivity (Wildman–Crippen MR) is 133 cm³/mol. The zero-order chi connectivity index (χ0) is 26.3. The second-order valence-electron chi connectivity index (χ2n) is 9.42. The number of amides is 1. The van der Waals surface area contributed by atoms with E-state index in [9.17, 15) is 18.0 Å². The van der Waals surface area contributed by atoms with Crippen LogP contribution in [0.1, 0.15) is 37.6 Å². The van der Waals surface area contributed by atoms with Crippen LogP contribution < -0.4 is 19.9 Å². The van der Waals surface area contributed by atoms with Gasteiger partial charge < -0.3 is 14.6 Å². The summed E-state index contributed by atoms with van der Waals surface area (Å²) in [6, 6.07) is 9.98. The molecule has 36 heavy (non-hydrogen) atoms. The van der Waals surface area contributed by atoms with Gasteiger partial charge in [0, 0.05) is 23.8 Å². The first-order chi connectivity index (χ1) is 16.9. The molecule has 0 aliphatic carbocycles. The second-order valence-corrected chi connectivity index (χ2v) is 11.1. The SMILES string of the molecule is COc1cccc(-c2ccc(C(=O)NS(=O)(=O)c3ccc[nH]c3=O)c(N3C[C@@H](C)CC3(C)C)n2)c1F. The number of hydrogen-bond acceptors (Lipinski definition) is 7. The van der Waals surface area contributed by atoms with Crippen LogP contribution in [0.2, 0.25) is 0 Å². The Morgan fingerprint density at radius 1 is 1.22 bits per heavy atom. The van der Waals surface area contributed by atoms with Crippen molar-refractivity contribution in [2.45, 2.75) is 37.6 Å². The number of anilines is 1. The van der Waals surface area contributed by atoms with E-state index in [-0.39, 0.29) is 34.3 Å². The van der Waals surface area contributed by atoms with Crippen LogP contribution in [0.3, 0.4) is 0 Å². The Morgan fingerprint density at radius 2 is 1.97 bits per heavy atom. The first-order valence-electron chi connectivity index (χ1n) is 11.3. The van der Waals surface area contributed by atoms with Gasteiger partial charge in [0.25, 0.3) is 21.5 Å². The van der Waals surface area contributed by atoms with Gasteiger partial charge in [0.15, 0.2) is 16.5 Å². The van der Waals surface area contributed by atoms with E-state index in [0.717, 1.165) is 12.5 Å². The molecule has 1 saturated heterocycles. The van der Waals surface area contributed by atoms with Crippen LogP contribution in [0.4, 0.5) is 10.2 Å². The van der Waals surface area contributed by atoms with E-state index in [1.165, 1.54) is 37.6 Å². The highest BCUT2D eigenvalue weighted by Crippen LogP contribution is 2.39. The Kier molecular flexibility index (Phi) is 6.61. The molecule has 1 amide bonds. The summed E-state index contributed by atoms with van der Waals surface area (Å²) in [5.41, 5.74) is -0.830. The summed E-state index contributed by atoms with van der Waals surface area (Å²) >= 11 is 0. The number of nitrogens with zero attached hydrogens (tertiary/aromatic N) is 2. The second kappa shape index (κ2) is 9.38. The predicted octanol–water partition coefficient (Wildman–Crippen LogP) is 3.33. The van der Waals surface area contributed by atoms with Crippen molar-refractivity contribution in [2.24, 2.45) is 5.92 Å². The molecule has 2 N–H and O–H groups in total. The van der Waals surface area contributed by atoms with E-state index >= 15 is 4.39 Å². The molecule has 4 rings (SSSR count). The molecule has 2 aromatic heterocycles. The molecule has 1 atom stereocenters. The fourth-order valence-corrected chi connectivity index (χ4v) is 5.68. The zero-order valence-corrected chi connectivity index (χ0v) is 21.1. The molecule has 0 spiro atoms. The van der Waals surface area contributed by atoms with Crippen molar-refractivity contribution in [3.05, 3.63) is 70.4 Å². The van der Waals surface area contributed by atoms with E-state index in [0.29, 0.717) is 6.54 Å². The Labute approximate surface area is 208 Å². The number of rotatable bonds is 6. The number of pyridine rings is 2. The molecule has 0 saturated carbocycles. The van der Waals surface area contributed by atoms with Gasteiger partial charge in [-0.05, 0) is 62.6 Å².